The molecule has 0 atom stereocenters. The summed E-state index contributed by atoms with van der Waals surface area (Å²) >= 11 is 7.15. The monoisotopic (exact) mass is 492 g/mol. The number of nitrogens with one attached hydrogen (secondary N) is 1. The van der Waals surface area contributed by atoms with E-state index in [1.807, 2.05) is 25.1 Å². The quantitative estimate of drug-likeness (QED) is 0.312. The van der Waals surface area contributed by atoms with Gasteiger partial charge in [0, 0.05) is 15.6 Å². The van der Waals surface area contributed by atoms with Crippen LogP contribution in [-0.2, 0) is 14.3 Å². The lowest BCUT2D eigenvalue weighted by Crippen LogP contribution is -2.33. The van der Waals surface area contributed by atoms with Gasteiger partial charge >= 0.3 is 5.97 Å². The fourth-order valence-corrected chi connectivity index (χ4v) is 4.39. The van der Waals surface area contributed by atoms with Crippen LogP contribution >= 0.6 is 23.4 Å². The highest BCUT2D eigenvalue weighted by Gasteiger charge is 2.41. The Balaban J connectivity index is 1.74. The molecule has 0 fully saturated rings. The van der Waals surface area contributed by atoms with Gasteiger partial charge in [0.25, 0.3) is 11.8 Å². The number of benzene rings is 3. The second-order valence-corrected chi connectivity index (χ2v) is 8.87. The van der Waals surface area contributed by atoms with Crippen LogP contribution in [0.5, 0.6) is 0 Å². The second kappa shape index (κ2) is 10.6. The van der Waals surface area contributed by atoms with Crippen molar-refractivity contribution >= 4 is 52.5 Å². The topological polar surface area (TPSA) is 75.7 Å². The zero-order valence-electron chi connectivity index (χ0n) is 18.3. The molecule has 1 N–H and O–H groups in total. The number of thioether (sulfide) groups is 1. The molecule has 0 unspecified atom stereocenters. The Bertz CT molecular complexity index is 1260. The third kappa shape index (κ3) is 5.00. The lowest BCUT2D eigenvalue weighted by molar-refractivity contribution is -0.120. The number of ether oxygens (including phenoxy) is 1. The number of hydrogen-bond acceptors (Lipinski definition) is 6. The molecule has 1 aliphatic rings. The van der Waals surface area contributed by atoms with Crippen LogP contribution in [0.1, 0.15) is 23.7 Å². The fraction of sp³-hybridized carbons (Fsp3) is 0.115. The maximum Gasteiger partial charge on any atom is 0.340 e. The van der Waals surface area contributed by atoms with Crippen molar-refractivity contribution in [3.63, 3.8) is 0 Å². The Labute approximate surface area is 206 Å². The number of hydrogen-bond donors (Lipinski definition) is 1. The summed E-state index contributed by atoms with van der Waals surface area (Å²) in [5.41, 5.74) is 1.12. The Hall–Kier alpha value is -3.55. The first kappa shape index (κ1) is 23.6. The molecule has 1 aliphatic heterocycles. The summed E-state index contributed by atoms with van der Waals surface area (Å²) < 4.78 is 5.27. The molecule has 0 saturated carbocycles. The van der Waals surface area contributed by atoms with Gasteiger partial charge in [-0.15, -0.1) is 0 Å². The van der Waals surface area contributed by atoms with Crippen molar-refractivity contribution in [3.05, 3.63) is 100 Å². The molecule has 0 spiro atoms. The highest BCUT2D eigenvalue weighted by molar-refractivity contribution is 8.04. The van der Waals surface area contributed by atoms with Gasteiger partial charge in [-0.25, -0.2) is 9.69 Å². The van der Waals surface area contributed by atoms with Crippen LogP contribution in [0.15, 0.2) is 94.4 Å². The molecule has 172 valence electrons. The standard InChI is InChI=1S/C26H21ClN2O4S/c1-2-16-33-26(32)20-10-6-7-11-21(20)29-24(30)22(28-18-8-4-3-5-9-18)23(25(29)31)34-19-14-12-17(27)13-15-19/h3-15,28H,2,16H2,1H3. The largest absolute Gasteiger partial charge is 0.462 e. The van der Waals surface area contributed by atoms with E-state index in [2.05, 4.69) is 5.32 Å². The summed E-state index contributed by atoms with van der Waals surface area (Å²) in [6.45, 7) is 2.13. The van der Waals surface area contributed by atoms with Gasteiger partial charge in [0.05, 0.1) is 17.9 Å². The van der Waals surface area contributed by atoms with Crippen LogP contribution in [0, 0.1) is 0 Å². The van der Waals surface area contributed by atoms with Crippen molar-refractivity contribution in [1.29, 1.82) is 0 Å². The first-order chi connectivity index (χ1) is 16.5. The van der Waals surface area contributed by atoms with Crippen molar-refractivity contribution in [2.75, 3.05) is 16.8 Å². The van der Waals surface area contributed by atoms with Gasteiger partial charge in [0.15, 0.2) is 0 Å². The van der Waals surface area contributed by atoms with Gasteiger partial charge in [-0.3, -0.25) is 9.59 Å². The highest BCUT2D eigenvalue weighted by Crippen LogP contribution is 2.39. The lowest BCUT2D eigenvalue weighted by Gasteiger charge is -2.18. The number of amides is 2. The fourth-order valence-electron chi connectivity index (χ4n) is 3.33. The van der Waals surface area contributed by atoms with E-state index in [4.69, 9.17) is 16.3 Å². The number of nitrogens with zero attached hydrogens (tertiary/aromatic N) is 1. The van der Waals surface area contributed by atoms with Crippen LogP contribution in [0.25, 0.3) is 0 Å². The van der Waals surface area contributed by atoms with Gasteiger partial charge in [-0.05, 0) is 55.0 Å². The van der Waals surface area contributed by atoms with Gasteiger partial charge < -0.3 is 10.1 Å². The second-order valence-electron chi connectivity index (χ2n) is 7.35. The molecule has 34 heavy (non-hydrogen) atoms. The van der Waals surface area contributed by atoms with Gasteiger partial charge in [0.1, 0.15) is 10.6 Å². The minimum atomic E-state index is -0.588. The normalized spacial score (nSPS) is 13.4. The number of para-hydroxylation sites is 2. The van der Waals surface area contributed by atoms with Crippen LogP contribution < -0.4 is 10.2 Å². The third-order valence-corrected chi connectivity index (χ3v) is 6.26. The summed E-state index contributed by atoms with van der Waals surface area (Å²) in [6, 6.07) is 22.5. The third-order valence-electron chi connectivity index (χ3n) is 4.92. The molecule has 0 bridgehead atoms. The molecule has 1 heterocycles. The molecule has 4 rings (SSSR count). The van der Waals surface area contributed by atoms with Crippen molar-refractivity contribution in [1.82, 2.24) is 0 Å². The first-order valence-corrected chi connectivity index (χ1v) is 11.8. The first-order valence-electron chi connectivity index (χ1n) is 10.6. The molecule has 3 aromatic rings. The molecule has 0 aromatic heterocycles. The molecule has 0 saturated heterocycles. The summed E-state index contributed by atoms with van der Waals surface area (Å²) in [7, 11) is 0. The molecule has 6 nitrogen and oxygen atoms in total. The Morgan fingerprint density at radius 3 is 2.32 bits per heavy atom. The van der Waals surface area contributed by atoms with Gasteiger partial charge in [-0.1, -0.05) is 60.6 Å². The van der Waals surface area contributed by atoms with E-state index >= 15 is 0 Å². The molecule has 0 radical (unpaired) electrons. The Morgan fingerprint density at radius 2 is 1.62 bits per heavy atom. The number of carbonyl (C=O) groups is 3. The lowest BCUT2D eigenvalue weighted by atomic mass is 10.1. The number of anilines is 2. The maximum atomic E-state index is 13.6. The van der Waals surface area contributed by atoms with Crippen molar-refractivity contribution in [2.45, 2.75) is 18.2 Å². The highest BCUT2D eigenvalue weighted by atomic mass is 35.5. The predicted molar refractivity (Wildman–Crippen MR) is 134 cm³/mol. The molecule has 8 heteroatoms. The van der Waals surface area contributed by atoms with Gasteiger partial charge in [0.2, 0.25) is 0 Å². The van der Waals surface area contributed by atoms with E-state index in [-0.39, 0.29) is 28.5 Å². The van der Waals surface area contributed by atoms with E-state index < -0.39 is 17.8 Å². The molecule has 2 amide bonds. The van der Waals surface area contributed by atoms with E-state index in [0.717, 1.165) is 21.6 Å². The number of halogens is 1. The van der Waals surface area contributed by atoms with E-state index in [9.17, 15) is 14.4 Å². The van der Waals surface area contributed by atoms with Crippen molar-refractivity contribution in [2.24, 2.45) is 0 Å². The summed E-state index contributed by atoms with van der Waals surface area (Å²) in [5.74, 6) is -1.67. The zero-order valence-corrected chi connectivity index (χ0v) is 19.9. The van der Waals surface area contributed by atoms with Crippen molar-refractivity contribution < 1.29 is 19.1 Å². The summed E-state index contributed by atoms with van der Waals surface area (Å²) in [6.07, 6.45) is 0.657. The predicted octanol–water partition coefficient (Wildman–Crippen LogP) is 5.90. The average Bonchev–Trinajstić information content (AvgIpc) is 3.08. The Kier molecular flexibility index (Phi) is 7.35. The summed E-state index contributed by atoms with van der Waals surface area (Å²) in [5, 5.41) is 3.66. The molecule has 3 aromatic carbocycles. The van der Waals surface area contributed by atoms with Crippen LogP contribution in [0.2, 0.25) is 5.02 Å². The van der Waals surface area contributed by atoms with E-state index in [1.54, 1.807) is 60.7 Å². The van der Waals surface area contributed by atoms with E-state index in [0.29, 0.717) is 17.1 Å². The van der Waals surface area contributed by atoms with Crippen LogP contribution in [-0.4, -0.2) is 24.4 Å². The van der Waals surface area contributed by atoms with Gasteiger partial charge in [-0.2, -0.15) is 0 Å². The smallest absolute Gasteiger partial charge is 0.340 e. The number of carbonyl (C=O) groups excluding carboxylic acids is 3. The number of rotatable bonds is 8. The molecular weight excluding hydrogens is 472 g/mol. The van der Waals surface area contributed by atoms with Crippen LogP contribution in [0.4, 0.5) is 11.4 Å². The minimum absolute atomic E-state index is 0.132. The summed E-state index contributed by atoms with van der Waals surface area (Å²) in [4.78, 5) is 41.8. The average molecular weight is 493 g/mol. The zero-order chi connectivity index (χ0) is 24.1. The number of imide groups is 1. The minimum Gasteiger partial charge on any atom is -0.462 e. The number of esters is 1. The van der Waals surface area contributed by atoms with E-state index in [1.165, 1.54) is 0 Å². The van der Waals surface area contributed by atoms with Crippen LogP contribution in [0.3, 0.4) is 0 Å². The molecule has 0 aliphatic carbocycles. The van der Waals surface area contributed by atoms with Crippen molar-refractivity contribution in [3.8, 4) is 0 Å². The SMILES string of the molecule is CCCOC(=O)c1ccccc1N1C(=O)C(Nc2ccccc2)=C(Sc2ccc(Cl)cc2)C1=O. The molecular formula is C26H21ClN2O4S. The Morgan fingerprint density at radius 1 is 0.941 bits per heavy atom. The maximum absolute atomic E-state index is 13.6.